The van der Waals surface area contributed by atoms with Crippen LogP contribution < -0.4 is 5.32 Å². The first kappa shape index (κ1) is 17.4. The predicted octanol–water partition coefficient (Wildman–Crippen LogP) is 2.43. The standard InChI is InChI=1S/C15H19F3N2O3/c1-14(9-23-2,15(16,17)18)19-13(22)20-6-5-10-3-4-12(21)7-11(10)8-20/h3-4,7,21H,5-6,8-9H2,1-2H3,(H,19,22). The van der Waals surface area contributed by atoms with E-state index in [4.69, 9.17) is 0 Å². The van der Waals surface area contributed by atoms with Gasteiger partial charge in [-0.1, -0.05) is 6.07 Å². The van der Waals surface area contributed by atoms with E-state index in [1.54, 1.807) is 12.1 Å². The monoisotopic (exact) mass is 332 g/mol. The molecule has 1 unspecified atom stereocenters. The minimum Gasteiger partial charge on any atom is -0.508 e. The Morgan fingerprint density at radius 3 is 2.70 bits per heavy atom. The number of nitrogens with zero attached hydrogens (tertiary/aromatic N) is 1. The molecule has 2 N–H and O–H groups in total. The molecule has 5 nitrogen and oxygen atoms in total. The van der Waals surface area contributed by atoms with Crippen molar-refractivity contribution in [2.24, 2.45) is 0 Å². The highest BCUT2D eigenvalue weighted by atomic mass is 19.4. The minimum atomic E-state index is -4.63. The van der Waals surface area contributed by atoms with Gasteiger partial charge in [0.1, 0.15) is 5.75 Å². The van der Waals surface area contributed by atoms with Crippen LogP contribution in [0.4, 0.5) is 18.0 Å². The number of phenolic OH excluding ortho intramolecular Hbond substituents is 1. The molecule has 1 aromatic rings. The first-order valence-electron chi connectivity index (χ1n) is 7.10. The van der Waals surface area contributed by atoms with Crippen molar-refractivity contribution in [1.29, 1.82) is 0 Å². The molecule has 1 atom stereocenters. The lowest BCUT2D eigenvalue weighted by Crippen LogP contribution is -2.62. The van der Waals surface area contributed by atoms with Crippen LogP contribution in [0.2, 0.25) is 0 Å². The number of fused-ring (bicyclic) bond motifs is 1. The fourth-order valence-electron chi connectivity index (χ4n) is 2.51. The van der Waals surface area contributed by atoms with Gasteiger partial charge in [0.15, 0.2) is 5.54 Å². The summed E-state index contributed by atoms with van der Waals surface area (Å²) in [6, 6.07) is 4.02. The summed E-state index contributed by atoms with van der Waals surface area (Å²) in [5.74, 6) is 0.0607. The number of alkyl halides is 3. The summed E-state index contributed by atoms with van der Waals surface area (Å²) in [6.07, 6.45) is -4.11. The Balaban J connectivity index is 2.12. The first-order valence-corrected chi connectivity index (χ1v) is 7.10. The number of carbonyl (C=O) groups excluding carboxylic acids is 1. The van der Waals surface area contributed by atoms with E-state index in [0.717, 1.165) is 25.2 Å². The SMILES string of the molecule is COCC(C)(NC(=O)N1CCc2ccc(O)cc2C1)C(F)(F)F. The number of urea groups is 1. The van der Waals surface area contributed by atoms with Gasteiger partial charge in [0.2, 0.25) is 0 Å². The van der Waals surface area contributed by atoms with E-state index in [9.17, 15) is 23.1 Å². The van der Waals surface area contributed by atoms with Crippen LogP contribution in [0.3, 0.4) is 0 Å². The first-order chi connectivity index (χ1) is 10.7. The average molecular weight is 332 g/mol. The van der Waals surface area contributed by atoms with Crippen molar-refractivity contribution in [3.63, 3.8) is 0 Å². The van der Waals surface area contributed by atoms with Crippen molar-refractivity contribution in [3.05, 3.63) is 29.3 Å². The third-order valence-electron chi connectivity index (χ3n) is 3.93. The summed E-state index contributed by atoms with van der Waals surface area (Å²) < 4.78 is 44.1. The molecule has 0 fully saturated rings. The molecule has 2 rings (SSSR count). The molecule has 0 spiro atoms. The second-order valence-electron chi connectivity index (χ2n) is 5.82. The van der Waals surface area contributed by atoms with Crippen LogP contribution in [-0.2, 0) is 17.7 Å². The quantitative estimate of drug-likeness (QED) is 0.894. The van der Waals surface area contributed by atoms with Gasteiger partial charge in [-0.3, -0.25) is 0 Å². The van der Waals surface area contributed by atoms with Gasteiger partial charge in [-0.25, -0.2) is 4.79 Å². The highest BCUT2D eigenvalue weighted by Crippen LogP contribution is 2.31. The third kappa shape index (κ3) is 3.69. The van der Waals surface area contributed by atoms with Crippen LogP contribution in [0.1, 0.15) is 18.1 Å². The van der Waals surface area contributed by atoms with Crippen molar-refractivity contribution in [2.75, 3.05) is 20.3 Å². The summed E-state index contributed by atoms with van der Waals surface area (Å²) in [5, 5.41) is 11.5. The number of hydrogen-bond donors (Lipinski definition) is 2. The van der Waals surface area contributed by atoms with Gasteiger partial charge in [-0.2, -0.15) is 13.2 Å². The molecule has 0 saturated carbocycles. The van der Waals surface area contributed by atoms with E-state index in [2.05, 4.69) is 4.74 Å². The maximum Gasteiger partial charge on any atom is 0.413 e. The predicted molar refractivity (Wildman–Crippen MR) is 77.1 cm³/mol. The number of methoxy groups -OCH3 is 1. The molecule has 1 aromatic carbocycles. The second kappa shape index (κ2) is 6.27. The van der Waals surface area contributed by atoms with E-state index in [0.29, 0.717) is 13.0 Å². The van der Waals surface area contributed by atoms with Crippen molar-refractivity contribution in [3.8, 4) is 5.75 Å². The lowest BCUT2D eigenvalue weighted by molar-refractivity contribution is -0.200. The van der Waals surface area contributed by atoms with Crippen LogP contribution in [0.25, 0.3) is 0 Å². The van der Waals surface area contributed by atoms with Gasteiger partial charge in [-0.15, -0.1) is 0 Å². The summed E-state index contributed by atoms with van der Waals surface area (Å²) in [4.78, 5) is 13.5. The number of halogens is 3. The molecule has 1 aliphatic rings. The minimum absolute atomic E-state index is 0.0607. The largest absolute Gasteiger partial charge is 0.508 e. The number of aromatic hydroxyl groups is 1. The Morgan fingerprint density at radius 1 is 1.39 bits per heavy atom. The van der Waals surface area contributed by atoms with Gasteiger partial charge >= 0.3 is 12.2 Å². The van der Waals surface area contributed by atoms with E-state index in [1.165, 1.54) is 11.0 Å². The molecule has 128 valence electrons. The van der Waals surface area contributed by atoms with Crippen molar-refractivity contribution in [2.45, 2.75) is 31.6 Å². The summed E-state index contributed by atoms with van der Waals surface area (Å²) in [5.41, 5.74) is -0.757. The molecule has 23 heavy (non-hydrogen) atoms. The van der Waals surface area contributed by atoms with Crippen LogP contribution in [-0.4, -0.2) is 48.0 Å². The smallest absolute Gasteiger partial charge is 0.413 e. The average Bonchev–Trinajstić information content (AvgIpc) is 2.45. The van der Waals surface area contributed by atoms with E-state index in [1.807, 2.05) is 5.32 Å². The Labute approximate surface area is 132 Å². The normalized spacial score (nSPS) is 17.3. The van der Waals surface area contributed by atoms with Crippen molar-refractivity contribution >= 4 is 6.03 Å². The van der Waals surface area contributed by atoms with Gasteiger partial charge in [0, 0.05) is 20.2 Å². The lowest BCUT2D eigenvalue weighted by atomic mass is 9.99. The number of carbonyl (C=O) groups is 1. The number of rotatable bonds is 3. The number of amides is 2. The van der Waals surface area contributed by atoms with E-state index >= 15 is 0 Å². The van der Waals surface area contributed by atoms with Crippen LogP contribution in [0.5, 0.6) is 5.75 Å². The molecule has 0 saturated heterocycles. The number of nitrogens with one attached hydrogen (secondary N) is 1. The van der Waals surface area contributed by atoms with Crippen LogP contribution >= 0.6 is 0 Å². The van der Waals surface area contributed by atoms with Gasteiger partial charge in [-0.05, 0) is 36.6 Å². The Kier molecular flexibility index (Phi) is 4.74. The van der Waals surface area contributed by atoms with Crippen LogP contribution in [0, 0.1) is 0 Å². The van der Waals surface area contributed by atoms with E-state index in [-0.39, 0.29) is 12.3 Å². The maximum absolute atomic E-state index is 13.2. The molecule has 1 aliphatic heterocycles. The van der Waals surface area contributed by atoms with Crippen LogP contribution in [0.15, 0.2) is 18.2 Å². The highest BCUT2D eigenvalue weighted by molar-refractivity contribution is 5.75. The molecule has 0 bridgehead atoms. The molecular weight excluding hydrogens is 313 g/mol. The summed E-state index contributed by atoms with van der Waals surface area (Å²) in [6.45, 7) is 0.673. The maximum atomic E-state index is 13.2. The van der Waals surface area contributed by atoms with Gasteiger partial charge in [0.05, 0.1) is 6.61 Å². The lowest BCUT2D eigenvalue weighted by Gasteiger charge is -2.36. The molecular formula is C15H19F3N2O3. The highest BCUT2D eigenvalue weighted by Gasteiger charge is 2.52. The topological polar surface area (TPSA) is 61.8 Å². The Bertz CT molecular complexity index is 592. The fraction of sp³-hybridized carbons (Fsp3) is 0.533. The second-order valence-corrected chi connectivity index (χ2v) is 5.82. The number of phenols is 1. The molecule has 0 radical (unpaired) electrons. The molecule has 1 heterocycles. The number of benzene rings is 1. The fourth-order valence-corrected chi connectivity index (χ4v) is 2.51. The molecule has 2 amide bonds. The summed E-state index contributed by atoms with van der Waals surface area (Å²) in [7, 11) is 1.15. The molecule has 8 heteroatoms. The zero-order valence-corrected chi connectivity index (χ0v) is 12.9. The zero-order valence-electron chi connectivity index (χ0n) is 12.9. The third-order valence-corrected chi connectivity index (χ3v) is 3.93. The van der Waals surface area contributed by atoms with Crippen molar-refractivity contribution < 1.29 is 27.8 Å². The summed E-state index contributed by atoms with van der Waals surface area (Å²) >= 11 is 0. The van der Waals surface area contributed by atoms with Gasteiger partial charge in [0.25, 0.3) is 0 Å². The van der Waals surface area contributed by atoms with E-state index < -0.39 is 24.4 Å². The Morgan fingerprint density at radius 2 is 2.09 bits per heavy atom. The number of ether oxygens (including phenoxy) is 1. The zero-order chi connectivity index (χ0) is 17.3. The number of hydrogen-bond acceptors (Lipinski definition) is 3. The molecule has 0 aromatic heterocycles. The van der Waals surface area contributed by atoms with Crippen molar-refractivity contribution in [1.82, 2.24) is 10.2 Å². The van der Waals surface area contributed by atoms with Gasteiger partial charge < -0.3 is 20.1 Å². The Hall–Kier alpha value is -1.96. The molecule has 0 aliphatic carbocycles.